The average Bonchev–Trinajstić information content (AvgIpc) is 2.68. The Morgan fingerprint density at radius 1 is 1.45 bits per heavy atom. The molecular weight excluding hydrogens is 271 g/mol. The van der Waals surface area contributed by atoms with E-state index in [1.54, 1.807) is 0 Å². The number of carboxylic acid groups (broad SMARTS) is 1. The summed E-state index contributed by atoms with van der Waals surface area (Å²) in [7, 11) is 0. The van der Waals surface area contributed by atoms with Crippen molar-refractivity contribution in [3.8, 4) is 0 Å². The fourth-order valence-corrected chi connectivity index (χ4v) is 2.76. The van der Waals surface area contributed by atoms with Crippen molar-refractivity contribution in [3.05, 3.63) is 34.9 Å². The molecule has 1 aromatic rings. The monoisotopic (exact) mass is 287 g/mol. The van der Waals surface area contributed by atoms with Gasteiger partial charge < -0.3 is 5.11 Å². The van der Waals surface area contributed by atoms with Crippen LogP contribution in [0.15, 0.2) is 18.2 Å². The number of benzene rings is 1. The lowest BCUT2D eigenvalue weighted by Gasteiger charge is -2.29. The number of alkyl halides is 3. The lowest BCUT2D eigenvalue weighted by Crippen LogP contribution is -2.39. The van der Waals surface area contributed by atoms with Crippen LogP contribution in [-0.4, -0.2) is 35.2 Å². The molecule has 0 aliphatic heterocycles. The van der Waals surface area contributed by atoms with Crippen LogP contribution < -0.4 is 0 Å². The van der Waals surface area contributed by atoms with Crippen molar-refractivity contribution < 1.29 is 23.1 Å². The van der Waals surface area contributed by atoms with Crippen LogP contribution in [0.2, 0.25) is 0 Å². The summed E-state index contributed by atoms with van der Waals surface area (Å²) in [6.45, 7) is 0.0792. The number of carboxylic acids is 1. The van der Waals surface area contributed by atoms with E-state index < -0.39 is 31.3 Å². The molecule has 2 rings (SSSR count). The van der Waals surface area contributed by atoms with Gasteiger partial charge in [0.1, 0.15) is 0 Å². The summed E-state index contributed by atoms with van der Waals surface area (Å²) < 4.78 is 37.9. The van der Waals surface area contributed by atoms with Gasteiger partial charge >= 0.3 is 12.1 Å². The van der Waals surface area contributed by atoms with E-state index in [4.69, 9.17) is 5.11 Å². The first kappa shape index (κ1) is 14.8. The Balaban J connectivity index is 2.27. The predicted molar refractivity (Wildman–Crippen MR) is 67.5 cm³/mol. The Hall–Kier alpha value is -1.56. The average molecular weight is 287 g/mol. The SMILES string of the molecule is Cc1ccc2c(c1)C(N(CC(=O)O)CC(F)(F)F)CC2. The summed E-state index contributed by atoms with van der Waals surface area (Å²) in [5.41, 5.74) is 2.81. The molecule has 1 N–H and O–H groups in total. The summed E-state index contributed by atoms with van der Waals surface area (Å²) in [5.74, 6) is -1.24. The minimum atomic E-state index is -4.40. The van der Waals surface area contributed by atoms with Gasteiger partial charge in [-0.3, -0.25) is 9.69 Å². The summed E-state index contributed by atoms with van der Waals surface area (Å²) in [4.78, 5) is 11.8. The second-order valence-electron chi connectivity index (χ2n) is 5.17. The molecule has 3 nitrogen and oxygen atoms in total. The van der Waals surface area contributed by atoms with Crippen molar-refractivity contribution in [1.29, 1.82) is 0 Å². The Kier molecular flexibility index (Phi) is 4.04. The number of carbonyl (C=O) groups is 1. The lowest BCUT2D eigenvalue weighted by molar-refractivity contribution is -0.158. The van der Waals surface area contributed by atoms with E-state index >= 15 is 0 Å². The number of halogens is 3. The Bertz CT molecular complexity index is 514. The van der Waals surface area contributed by atoms with Crippen LogP contribution in [0.25, 0.3) is 0 Å². The quantitative estimate of drug-likeness (QED) is 0.925. The summed E-state index contributed by atoms with van der Waals surface area (Å²) >= 11 is 0. The number of hydrogen-bond acceptors (Lipinski definition) is 2. The zero-order chi connectivity index (χ0) is 14.9. The van der Waals surface area contributed by atoms with E-state index in [0.29, 0.717) is 12.8 Å². The lowest BCUT2D eigenvalue weighted by atomic mass is 10.0. The molecule has 0 fully saturated rings. The molecule has 1 atom stereocenters. The van der Waals surface area contributed by atoms with Crippen LogP contribution in [0.5, 0.6) is 0 Å². The van der Waals surface area contributed by atoms with Crippen molar-refractivity contribution in [2.24, 2.45) is 0 Å². The molecule has 0 saturated carbocycles. The largest absolute Gasteiger partial charge is 0.480 e. The number of aryl methyl sites for hydroxylation is 2. The smallest absolute Gasteiger partial charge is 0.401 e. The van der Waals surface area contributed by atoms with Crippen LogP contribution in [0, 0.1) is 6.92 Å². The first-order valence-electron chi connectivity index (χ1n) is 6.38. The van der Waals surface area contributed by atoms with Gasteiger partial charge in [0.2, 0.25) is 0 Å². The van der Waals surface area contributed by atoms with Gasteiger partial charge in [0, 0.05) is 6.04 Å². The normalized spacial score (nSPS) is 18.4. The van der Waals surface area contributed by atoms with E-state index in [1.807, 2.05) is 25.1 Å². The molecule has 6 heteroatoms. The highest BCUT2D eigenvalue weighted by Gasteiger charge is 2.37. The molecule has 0 spiro atoms. The van der Waals surface area contributed by atoms with Gasteiger partial charge in [-0.15, -0.1) is 0 Å². The van der Waals surface area contributed by atoms with E-state index in [0.717, 1.165) is 21.6 Å². The molecular formula is C14H16F3NO2. The highest BCUT2D eigenvalue weighted by Crippen LogP contribution is 2.37. The molecule has 0 bridgehead atoms. The van der Waals surface area contributed by atoms with Gasteiger partial charge in [0.05, 0.1) is 13.1 Å². The van der Waals surface area contributed by atoms with Crippen molar-refractivity contribution in [2.45, 2.75) is 32.0 Å². The molecule has 1 aliphatic rings. The van der Waals surface area contributed by atoms with Crippen LogP contribution in [0.3, 0.4) is 0 Å². The molecule has 0 saturated heterocycles. The summed E-state index contributed by atoms with van der Waals surface area (Å²) in [6.07, 6.45) is -3.18. The first-order valence-corrected chi connectivity index (χ1v) is 6.38. The van der Waals surface area contributed by atoms with E-state index in [-0.39, 0.29) is 0 Å². The maximum Gasteiger partial charge on any atom is 0.401 e. The van der Waals surface area contributed by atoms with Crippen molar-refractivity contribution in [1.82, 2.24) is 4.90 Å². The number of fused-ring (bicyclic) bond motifs is 1. The fourth-order valence-electron chi connectivity index (χ4n) is 2.76. The number of nitrogens with zero attached hydrogens (tertiary/aromatic N) is 1. The van der Waals surface area contributed by atoms with Crippen LogP contribution in [0.4, 0.5) is 13.2 Å². The third-order valence-electron chi connectivity index (χ3n) is 3.51. The summed E-state index contributed by atoms with van der Waals surface area (Å²) in [5, 5.41) is 8.83. The Morgan fingerprint density at radius 2 is 2.15 bits per heavy atom. The van der Waals surface area contributed by atoms with Gasteiger partial charge in [0.25, 0.3) is 0 Å². The Labute approximate surface area is 115 Å². The third kappa shape index (κ3) is 3.50. The summed E-state index contributed by atoms with van der Waals surface area (Å²) in [6, 6.07) is 5.23. The molecule has 0 heterocycles. The van der Waals surface area contributed by atoms with E-state index in [9.17, 15) is 18.0 Å². The molecule has 20 heavy (non-hydrogen) atoms. The third-order valence-corrected chi connectivity index (χ3v) is 3.51. The van der Waals surface area contributed by atoms with E-state index in [2.05, 4.69) is 0 Å². The van der Waals surface area contributed by atoms with Crippen LogP contribution in [-0.2, 0) is 11.2 Å². The highest BCUT2D eigenvalue weighted by atomic mass is 19.4. The van der Waals surface area contributed by atoms with Gasteiger partial charge in [-0.25, -0.2) is 0 Å². The molecule has 1 unspecified atom stereocenters. The molecule has 110 valence electrons. The number of hydrogen-bond donors (Lipinski definition) is 1. The second-order valence-corrected chi connectivity index (χ2v) is 5.17. The maximum absolute atomic E-state index is 12.6. The Morgan fingerprint density at radius 3 is 2.75 bits per heavy atom. The van der Waals surface area contributed by atoms with Crippen molar-refractivity contribution in [3.63, 3.8) is 0 Å². The fraction of sp³-hybridized carbons (Fsp3) is 0.500. The van der Waals surface area contributed by atoms with Crippen molar-refractivity contribution >= 4 is 5.97 Å². The molecule has 1 aliphatic carbocycles. The van der Waals surface area contributed by atoms with Gasteiger partial charge in [0.15, 0.2) is 0 Å². The number of rotatable bonds is 4. The number of aliphatic carboxylic acids is 1. The zero-order valence-electron chi connectivity index (χ0n) is 11.1. The minimum absolute atomic E-state index is 0.470. The standard InChI is InChI=1S/C14H16F3NO2/c1-9-2-3-10-4-5-12(11(10)6-9)18(7-13(19)20)8-14(15,16)17/h2-3,6,12H,4-5,7-8H2,1H3,(H,19,20). The van der Waals surface area contributed by atoms with Crippen molar-refractivity contribution in [2.75, 3.05) is 13.1 Å². The van der Waals surface area contributed by atoms with Gasteiger partial charge in [-0.2, -0.15) is 13.2 Å². The first-order chi connectivity index (χ1) is 9.26. The predicted octanol–water partition coefficient (Wildman–Crippen LogP) is 2.93. The molecule has 0 radical (unpaired) electrons. The topological polar surface area (TPSA) is 40.5 Å². The second kappa shape index (κ2) is 5.44. The van der Waals surface area contributed by atoms with Gasteiger partial charge in [-0.1, -0.05) is 23.8 Å². The van der Waals surface area contributed by atoms with E-state index in [1.165, 1.54) is 0 Å². The van der Waals surface area contributed by atoms with Crippen LogP contribution in [0.1, 0.15) is 29.2 Å². The van der Waals surface area contributed by atoms with Gasteiger partial charge in [-0.05, 0) is 30.9 Å². The molecule has 0 amide bonds. The maximum atomic E-state index is 12.6. The minimum Gasteiger partial charge on any atom is -0.480 e. The molecule has 0 aromatic heterocycles. The molecule has 1 aromatic carbocycles. The zero-order valence-corrected chi connectivity index (χ0v) is 11.1. The highest BCUT2D eigenvalue weighted by molar-refractivity contribution is 5.69. The van der Waals surface area contributed by atoms with Crippen LogP contribution >= 0.6 is 0 Å².